The van der Waals surface area contributed by atoms with Crippen LogP contribution in [0, 0.1) is 18.3 Å². The molecule has 108 valence electrons. The molecule has 1 N–H and O–H groups in total. The molecule has 0 bridgehead atoms. The lowest BCUT2D eigenvalue weighted by atomic mass is 10.0. The van der Waals surface area contributed by atoms with Crippen LogP contribution in [-0.4, -0.2) is 30.7 Å². The Bertz CT molecular complexity index is 472. The molecule has 4 nitrogen and oxygen atoms in total. The standard InChI is InChI=1S/C16H24N4/c1-3-10-20(12-14-6-4-5-8-18-14)16-15(11-17)13(2)7-9-19-16/h7,9,14,18H,3-6,8,10,12H2,1-2H3. The Morgan fingerprint density at radius 3 is 3.00 bits per heavy atom. The Morgan fingerprint density at radius 2 is 2.35 bits per heavy atom. The van der Waals surface area contributed by atoms with Gasteiger partial charge in [-0.15, -0.1) is 0 Å². The summed E-state index contributed by atoms with van der Waals surface area (Å²) in [6.45, 7) is 7.15. The van der Waals surface area contributed by atoms with Crippen molar-refractivity contribution in [3.8, 4) is 6.07 Å². The SMILES string of the molecule is CCCN(CC1CCCCN1)c1nccc(C)c1C#N. The van der Waals surface area contributed by atoms with Crippen molar-refractivity contribution in [3.63, 3.8) is 0 Å². The molecule has 4 heteroatoms. The van der Waals surface area contributed by atoms with Crippen LogP contribution < -0.4 is 10.2 Å². The molecule has 20 heavy (non-hydrogen) atoms. The number of pyridine rings is 1. The van der Waals surface area contributed by atoms with Crippen LogP contribution in [0.15, 0.2) is 12.3 Å². The number of hydrogen-bond donors (Lipinski definition) is 1. The monoisotopic (exact) mass is 272 g/mol. The first-order valence-electron chi connectivity index (χ1n) is 7.60. The van der Waals surface area contributed by atoms with E-state index >= 15 is 0 Å². The van der Waals surface area contributed by atoms with E-state index in [-0.39, 0.29) is 0 Å². The van der Waals surface area contributed by atoms with Crippen LogP contribution in [0.5, 0.6) is 0 Å². The lowest BCUT2D eigenvalue weighted by molar-refractivity contribution is 0.398. The first-order chi connectivity index (χ1) is 9.76. The van der Waals surface area contributed by atoms with Crippen molar-refractivity contribution in [2.75, 3.05) is 24.5 Å². The summed E-state index contributed by atoms with van der Waals surface area (Å²) in [5.41, 5.74) is 1.73. The highest BCUT2D eigenvalue weighted by Crippen LogP contribution is 2.21. The predicted molar refractivity (Wildman–Crippen MR) is 81.8 cm³/mol. The van der Waals surface area contributed by atoms with Crippen molar-refractivity contribution >= 4 is 5.82 Å². The molecule has 1 aromatic rings. The number of rotatable bonds is 5. The van der Waals surface area contributed by atoms with E-state index in [1.54, 1.807) is 0 Å². The van der Waals surface area contributed by atoms with Crippen LogP contribution in [-0.2, 0) is 0 Å². The molecule has 0 aromatic carbocycles. The van der Waals surface area contributed by atoms with Gasteiger partial charge in [-0.2, -0.15) is 5.26 Å². The number of anilines is 1. The fourth-order valence-electron chi connectivity index (χ4n) is 2.82. The van der Waals surface area contributed by atoms with Gasteiger partial charge in [-0.25, -0.2) is 4.98 Å². The molecular weight excluding hydrogens is 248 g/mol. The number of nitriles is 1. The molecule has 1 atom stereocenters. The molecule has 1 aliphatic rings. The summed E-state index contributed by atoms with van der Waals surface area (Å²) in [6, 6.07) is 4.74. The molecule has 0 saturated carbocycles. The van der Waals surface area contributed by atoms with Gasteiger partial charge in [0.05, 0.1) is 5.56 Å². The van der Waals surface area contributed by atoms with Crippen LogP contribution in [0.25, 0.3) is 0 Å². The highest BCUT2D eigenvalue weighted by Gasteiger charge is 2.20. The molecule has 1 fully saturated rings. The number of piperidine rings is 1. The largest absolute Gasteiger partial charge is 0.354 e. The normalized spacial score (nSPS) is 18.6. The number of nitrogens with zero attached hydrogens (tertiary/aromatic N) is 3. The smallest absolute Gasteiger partial charge is 0.146 e. The van der Waals surface area contributed by atoms with E-state index < -0.39 is 0 Å². The lowest BCUT2D eigenvalue weighted by Gasteiger charge is -2.31. The van der Waals surface area contributed by atoms with Crippen molar-refractivity contribution in [1.82, 2.24) is 10.3 Å². The van der Waals surface area contributed by atoms with Gasteiger partial charge in [0, 0.05) is 25.3 Å². The van der Waals surface area contributed by atoms with Crippen molar-refractivity contribution in [1.29, 1.82) is 5.26 Å². The van der Waals surface area contributed by atoms with Gasteiger partial charge >= 0.3 is 0 Å². The number of nitrogens with one attached hydrogen (secondary N) is 1. The second-order valence-electron chi connectivity index (χ2n) is 5.53. The van der Waals surface area contributed by atoms with Crippen LogP contribution in [0.2, 0.25) is 0 Å². The van der Waals surface area contributed by atoms with Gasteiger partial charge < -0.3 is 10.2 Å². The van der Waals surface area contributed by atoms with Crippen LogP contribution in [0.3, 0.4) is 0 Å². The van der Waals surface area contributed by atoms with E-state index in [2.05, 4.69) is 28.2 Å². The van der Waals surface area contributed by atoms with E-state index in [4.69, 9.17) is 0 Å². The van der Waals surface area contributed by atoms with Crippen LogP contribution >= 0.6 is 0 Å². The number of aromatic nitrogens is 1. The molecule has 2 heterocycles. The first-order valence-corrected chi connectivity index (χ1v) is 7.60. The molecule has 0 spiro atoms. The van der Waals surface area contributed by atoms with Gasteiger partial charge in [-0.3, -0.25) is 0 Å². The maximum absolute atomic E-state index is 9.39. The number of aryl methyl sites for hydroxylation is 1. The number of hydrogen-bond acceptors (Lipinski definition) is 4. The van der Waals surface area contributed by atoms with Gasteiger partial charge in [-0.05, 0) is 44.4 Å². The third-order valence-electron chi connectivity index (χ3n) is 3.90. The third-order valence-corrected chi connectivity index (χ3v) is 3.90. The molecule has 0 radical (unpaired) electrons. The van der Waals surface area contributed by atoms with E-state index in [1.165, 1.54) is 19.3 Å². The summed E-state index contributed by atoms with van der Waals surface area (Å²) in [5, 5.41) is 13.0. The van der Waals surface area contributed by atoms with Crippen molar-refractivity contribution in [3.05, 3.63) is 23.4 Å². The average molecular weight is 272 g/mol. The maximum Gasteiger partial charge on any atom is 0.146 e. The quantitative estimate of drug-likeness (QED) is 0.895. The second kappa shape index (κ2) is 7.25. The molecular formula is C16H24N4. The summed E-state index contributed by atoms with van der Waals surface area (Å²) in [6.07, 6.45) is 6.66. The van der Waals surface area contributed by atoms with Crippen LogP contribution in [0.4, 0.5) is 5.82 Å². The minimum Gasteiger partial charge on any atom is -0.354 e. The lowest BCUT2D eigenvalue weighted by Crippen LogP contribution is -2.44. The summed E-state index contributed by atoms with van der Waals surface area (Å²) in [4.78, 5) is 6.74. The molecule has 0 amide bonds. The van der Waals surface area contributed by atoms with E-state index in [0.29, 0.717) is 6.04 Å². The summed E-state index contributed by atoms with van der Waals surface area (Å²) < 4.78 is 0. The Morgan fingerprint density at radius 1 is 1.50 bits per heavy atom. The van der Waals surface area contributed by atoms with Gasteiger partial charge in [0.1, 0.15) is 11.9 Å². The molecule has 2 rings (SSSR count). The van der Waals surface area contributed by atoms with Gasteiger partial charge in [0.15, 0.2) is 0 Å². The molecule has 1 aliphatic heterocycles. The Kier molecular flexibility index (Phi) is 5.37. The molecule has 1 aromatic heterocycles. The summed E-state index contributed by atoms with van der Waals surface area (Å²) in [7, 11) is 0. The fourth-order valence-corrected chi connectivity index (χ4v) is 2.82. The first kappa shape index (κ1) is 14.8. The van der Waals surface area contributed by atoms with Crippen molar-refractivity contribution in [2.24, 2.45) is 0 Å². The minimum absolute atomic E-state index is 0.518. The second-order valence-corrected chi connectivity index (χ2v) is 5.53. The average Bonchev–Trinajstić information content (AvgIpc) is 2.47. The fraction of sp³-hybridized carbons (Fsp3) is 0.625. The Hall–Kier alpha value is -1.60. The van der Waals surface area contributed by atoms with Crippen LogP contribution in [0.1, 0.15) is 43.7 Å². The molecule has 1 unspecified atom stereocenters. The minimum atomic E-state index is 0.518. The summed E-state index contributed by atoms with van der Waals surface area (Å²) >= 11 is 0. The summed E-state index contributed by atoms with van der Waals surface area (Å²) in [5.74, 6) is 0.849. The predicted octanol–water partition coefficient (Wildman–Crippen LogP) is 2.62. The van der Waals surface area contributed by atoms with E-state index in [0.717, 1.165) is 43.0 Å². The highest BCUT2D eigenvalue weighted by atomic mass is 15.2. The highest BCUT2D eigenvalue weighted by molar-refractivity contribution is 5.57. The molecule has 0 aliphatic carbocycles. The third kappa shape index (κ3) is 3.49. The zero-order valence-electron chi connectivity index (χ0n) is 12.5. The zero-order valence-corrected chi connectivity index (χ0v) is 12.5. The van der Waals surface area contributed by atoms with Crippen molar-refractivity contribution < 1.29 is 0 Å². The topological polar surface area (TPSA) is 52.0 Å². The van der Waals surface area contributed by atoms with E-state index in [1.807, 2.05) is 19.2 Å². The van der Waals surface area contributed by atoms with Crippen molar-refractivity contribution in [2.45, 2.75) is 45.6 Å². The Labute approximate surface area is 121 Å². The van der Waals surface area contributed by atoms with Gasteiger partial charge in [0.25, 0.3) is 0 Å². The molecule has 1 saturated heterocycles. The Balaban J connectivity index is 2.19. The maximum atomic E-state index is 9.39. The van der Waals surface area contributed by atoms with Gasteiger partial charge in [-0.1, -0.05) is 13.3 Å². The zero-order chi connectivity index (χ0) is 14.4. The van der Waals surface area contributed by atoms with Gasteiger partial charge in [0.2, 0.25) is 0 Å². The van der Waals surface area contributed by atoms with E-state index in [9.17, 15) is 5.26 Å².